The van der Waals surface area contributed by atoms with Crippen LogP contribution in [0.3, 0.4) is 0 Å². The quantitative estimate of drug-likeness (QED) is 0.455. The summed E-state index contributed by atoms with van der Waals surface area (Å²) >= 11 is 3.74. The predicted octanol–water partition coefficient (Wildman–Crippen LogP) is 5.36. The minimum absolute atomic E-state index is 0.270. The topological polar surface area (TPSA) is 50.3 Å². The number of sulfonamides is 1. The molecule has 29 heavy (non-hydrogen) atoms. The molecule has 0 bridgehead atoms. The number of aromatic nitrogens is 1. The first-order valence-electron chi connectivity index (χ1n) is 9.93. The van der Waals surface area contributed by atoms with Gasteiger partial charge in [0, 0.05) is 29.1 Å². The van der Waals surface area contributed by atoms with E-state index >= 15 is 0 Å². The Morgan fingerprint density at radius 1 is 1.10 bits per heavy atom. The van der Waals surface area contributed by atoms with Crippen LogP contribution >= 0.6 is 15.9 Å². The van der Waals surface area contributed by atoms with Gasteiger partial charge in [-0.3, -0.25) is 4.98 Å². The molecule has 0 saturated carbocycles. The third-order valence-electron chi connectivity index (χ3n) is 5.84. The number of hydrogen-bond acceptors (Lipinski definition) is 3. The Morgan fingerprint density at radius 2 is 1.83 bits per heavy atom. The van der Waals surface area contributed by atoms with Gasteiger partial charge in [-0.2, -0.15) is 4.31 Å². The van der Waals surface area contributed by atoms with E-state index < -0.39 is 18.8 Å². The fourth-order valence-corrected chi connectivity index (χ4v) is 9.68. The number of rotatable bonds is 5. The van der Waals surface area contributed by atoms with Gasteiger partial charge < -0.3 is 0 Å². The van der Waals surface area contributed by atoms with Crippen LogP contribution in [0.4, 0.5) is 0 Å². The molecule has 0 fully saturated rings. The van der Waals surface area contributed by atoms with Crippen molar-refractivity contribution in [1.82, 2.24) is 9.29 Å². The molecule has 2 heterocycles. The number of hydrogen-bond donors (Lipinski definition) is 0. The summed E-state index contributed by atoms with van der Waals surface area (Å²) in [6, 6.07) is 17.5. The lowest BCUT2D eigenvalue weighted by molar-refractivity contribution is 0.382. The molecule has 1 radical (unpaired) electrons. The average Bonchev–Trinajstić information content (AvgIpc) is 2.74. The molecule has 0 amide bonds. The Hall–Kier alpha value is -1.54. The second-order valence-electron chi connectivity index (χ2n) is 7.36. The third kappa shape index (κ3) is 3.69. The van der Waals surface area contributed by atoms with Crippen LogP contribution in [0.15, 0.2) is 64.1 Å². The van der Waals surface area contributed by atoms with Crippen LogP contribution in [0.1, 0.15) is 30.5 Å². The summed E-state index contributed by atoms with van der Waals surface area (Å²) in [5.74, 6) is 0. The normalized spacial score (nSPS) is 17.6. The summed E-state index contributed by atoms with van der Waals surface area (Å²) in [5, 5.41) is 0.845. The van der Waals surface area contributed by atoms with E-state index in [1.54, 1.807) is 22.6 Å². The van der Waals surface area contributed by atoms with Gasteiger partial charge in [-0.25, -0.2) is 8.42 Å². The Kier molecular flexibility index (Phi) is 5.93. The highest BCUT2D eigenvalue weighted by Gasteiger charge is 2.38. The highest BCUT2D eigenvalue weighted by Crippen LogP contribution is 2.39. The van der Waals surface area contributed by atoms with Crippen LogP contribution in [0.5, 0.6) is 0 Å². The molecular formula is C22H24BrN2O2SSi. The van der Waals surface area contributed by atoms with Crippen molar-refractivity contribution in [3.8, 4) is 0 Å². The van der Waals surface area contributed by atoms with Crippen molar-refractivity contribution >= 4 is 45.7 Å². The molecule has 1 unspecified atom stereocenters. The minimum atomic E-state index is -3.66. The molecule has 1 aromatic heterocycles. The van der Waals surface area contributed by atoms with Gasteiger partial charge in [-0.15, -0.1) is 0 Å². The SMILES string of the molecule is CC[Si](CC)C1CN(S(=O)(=O)c2cccc3cccnc23)Cc2cccc(Br)c21. The maximum atomic E-state index is 13.7. The molecule has 1 aliphatic heterocycles. The number of benzene rings is 2. The lowest BCUT2D eigenvalue weighted by atomic mass is 10.0. The van der Waals surface area contributed by atoms with E-state index in [0.29, 0.717) is 23.5 Å². The van der Waals surface area contributed by atoms with Gasteiger partial charge in [0.25, 0.3) is 0 Å². The first-order valence-corrected chi connectivity index (χ1v) is 14.2. The van der Waals surface area contributed by atoms with Gasteiger partial charge in [0.05, 0.1) is 14.3 Å². The lowest BCUT2D eigenvalue weighted by Gasteiger charge is -2.37. The molecule has 3 aromatic rings. The maximum absolute atomic E-state index is 13.7. The van der Waals surface area contributed by atoms with Gasteiger partial charge in [0.1, 0.15) is 4.90 Å². The van der Waals surface area contributed by atoms with E-state index in [1.807, 2.05) is 24.3 Å². The predicted molar refractivity (Wildman–Crippen MR) is 123 cm³/mol. The van der Waals surface area contributed by atoms with E-state index in [-0.39, 0.29) is 5.54 Å². The smallest absolute Gasteiger partial charge is 0.245 e. The molecule has 0 N–H and O–H groups in total. The van der Waals surface area contributed by atoms with Crippen molar-refractivity contribution in [3.63, 3.8) is 0 Å². The largest absolute Gasteiger partial charge is 0.255 e. The van der Waals surface area contributed by atoms with Crippen LogP contribution in [0.2, 0.25) is 12.1 Å². The summed E-state index contributed by atoms with van der Waals surface area (Å²) < 4.78 is 30.2. The summed E-state index contributed by atoms with van der Waals surface area (Å²) in [7, 11) is -4.38. The van der Waals surface area contributed by atoms with E-state index in [2.05, 4.69) is 46.9 Å². The number of fused-ring (bicyclic) bond motifs is 2. The van der Waals surface area contributed by atoms with Gasteiger partial charge in [-0.1, -0.05) is 72.2 Å². The summed E-state index contributed by atoms with van der Waals surface area (Å²) in [5.41, 5.74) is 3.24. The van der Waals surface area contributed by atoms with E-state index in [0.717, 1.165) is 27.5 Å². The van der Waals surface area contributed by atoms with E-state index in [4.69, 9.17) is 0 Å². The van der Waals surface area contributed by atoms with Gasteiger partial charge in [0.2, 0.25) is 10.0 Å². The van der Waals surface area contributed by atoms with Crippen LogP contribution in [0.25, 0.3) is 10.9 Å². The molecule has 1 aliphatic rings. The summed E-state index contributed by atoms with van der Waals surface area (Å²) in [4.78, 5) is 4.68. The number of halogens is 1. The Morgan fingerprint density at radius 3 is 2.59 bits per heavy atom. The molecule has 7 heteroatoms. The van der Waals surface area contributed by atoms with Crippen molar-refractivity contribution in [2.75, 3.05) is 6.54 Å². The third-order valence-corrected chi connectivity index (χ3v) is 11.6. The first kappa shape index (κ1) is 20.7. The Labute approximate surface area is 182 Å². The second-order valence-corrected chi connectivity index (χ2v) is 13.5. The van der Waals surface area contributed by atoms with Crippen molar-refractivity contribution in [1.29, 1.82) is 0 Å². The van der Waals surface area contributed by atoms with Crippen molar-refractivity contribution in [2.45, 2.75) is 42.9 Å². The molecule has 151 valence electrons. The average molecular weight is 489 g/mol. The first-order chi connectivity index (χ1) is 14.0. The van der Waals surface area contributed by atoms with E-state index in [9.17, 15) is 8.42 Å². The molecule has 0 saturated heterocycles. The van der Waals surface area contributed by atoms with Gasteiger partial charge in [-0.05, 0) is 34.9 Å². The molecule has 0 spiro atoms. The Balaban J connectivity index is 1.83. The zero-order valence-corrected chi connectivity index (χ0v) is 20.0. The fourth-order valence-electron chi connectivity index (χ4n) is 4.34. The molecule has 2 aromatic carbocycles. The number of para-hydroxylation sites is 1. The zero-order valence-electron chi connectivity index (χ0n) is 16.6. The highest BCUT2D eigenvalue weighted by atomic mass is 79.9. The van der Waals surface area contributed by atoms with E-state index in [1.165, 1.54) is 5.56 Å². The minimum Gasteiger partial charge on any atom is -0.255 e. The molecular weight excluding hydrogens is 464 g/mol. The number of pyridine rings is 1. The van der Waals surface area contributed by atoms with Gasteiger partial charge in [0.15, 0.2) is 0 Å². The van der Waals surface area contributed by atoms with Crippen molar-refractivity contribution in [3.05, 3.63) is 70.3 Å². The summed E-state index contributed by atoms with van der Waals surface area (Å²) in [6.45, 7) is 5.41. The highest BCUT2D eigenvalue weighted by molar-refractivity contribution is 9.10. The van der Waals surface area contributed by atoms with Crippen molar-refractivity contribution in [2.24, 2.45) is 0 Å². The van der Waals surface area contributed by atoms with Crippen LogP contribution in [0, 0.1) is 0 Å². The molecule has 1 atom stereocenters. The van der Waals surface area contributed by atoms with Crippen molar-refractivity contribution < 1.29 is 8.42 Å². The second kappa shape index (κ2) is 8.30. The molecule has 4 nitrogen and oxygen atoms in total. The Bertz CT molecular complexity index is 1140. The monoisotopic (exact) mass is 487 g/mol. The molecule has 4 rings (SSSR count). The lowest BCUT2D eigenvalue weighted by Crippen LogP contribution is -2.43. The maximum Gasteiger partial charge on any atom is 0.245 e. The standard InChI is InChI=1S/C22H24BrN2O2SSi/c1-3-29(4-2)20-15-25(14-17-9-5-11-18(23)21(17)20)28(26,27)19-12-6-8-16-10-7-13-24-22(16)19/h5-13,20H,3-4,14-15H2,1-2H3. The van der Waals surface area contributed by atoms with Crippen LogP contribution < -0.4 is 0 Å². The molecule has 0 aliphatic carbocycles. The van der Waals surface area contributed by atoms with Crippen LogP contribution in [-0.4, -0.2) is 33.0 Å². The fraction of sp³-hybridized carbons (Fsp3) is 0.318. The van der Waals surface area contributed by atoms with Gasteiger partial charge >= 0.3 is 0 Å². The summed E-state index contributed by atoms with van der Waals surface area (Å²) in [6.07, 6.45) is 1.65. The number of nitrogens with zero attached hydrogens (tertiary/aromatic N) is 2. The zero-order chi connectivity index (χ0) is 20.6. The van der Waals surface area contributed by atoms with Crippen LogP contribution in [-0.2, 0) is 16.6 Å².